The van der Waals surface area contributed by atoms with Crippen LogP contribution in [0.5, 0.6) is 11.5 Å². The highest BCUT2D eigenvalue weighted by atomic mass is 16.3. The number of carbonyl (C=O) groups excluding carboxylic acids is 2. The molecule has 0 unspecified atom stereocenters. The molecule has 0 saturated heterocycles. The zero-order valence-corrected chi connectivity index (χ0v) is 15.7. The van der Waals surface area contributed by atoms with Crippen molar-refractivity contribution in [3.8, 4) is 11.5 Å². The summed E-state index contributed by atoms with van der Waals surface area (Å²) in [6.07, 6.45) is 1.68. The molecule has 2 rings (SSSR count). The van der Waals surface area contributed by atoms with Crippen molar-refractivity contribution in [3.05, 3.63) is 58.7 Å². The summed E-state index contributed by atoms with van der Waals surface area (Å²) < 4.78 is 0. The van der Waals surface area contributed by atoms with Crippen LogP contribution in [-0.2, 0) is 0 Å². The van der Waals surface area contributed by atoms with E-state index in [4.69, 9.17) is 0 Å². The molecule has 0 bridgehead atoms. The SMILES string of the molecule is CC[C@H](c1ccc(C(C)=O)c(O)c1)[C@@H](CC)c1ccc(C(C)=O)c(O)c1. The lowest BCUT2D eigenvalue weighted by Gasteiger charge is -2.27. The first-order chi connectivity index (χ1) is 12.3. The van der Waals surface area contributed by atoms with Gasteiger partial charge in [-0.05, 0) is 73.9 Å². The van der Waals surface area contributed by atoms with Gasteiger partial charge in [0.25, 0.3) is 0 Å². The first-order valence-corrected chi connectivity index (χ1v) is 8.97. The van der Waals surface area contributed by atoms with E-state index in [0.29, 0.717) is 11.1 Å². The molecule has 0 spiro atoms. The van der Waals surface area contributed by atoms with E-state index >= 15 is 0 Å². The van der Waals surface area contributed by atoms with Gasteiger partial charge in [-0.15, -0.1) is 0 Å². The Kier molecular flexibility index (Phi) is 6.19. The Labute approximate surface area is 154 Å². The fraction of sp³-hybridized carbons (Fsp3) is 0.364. The number of carbonyl (C=O) groups is 2. The van der Waals surface area contributed by atoms with Gasteiger partial charge in [-0.1, -0.05) is 26.0 Å². The standard InChI is InChI=1S/C22H26O4/c1-5-17(15-7-9-19(13(3)23)21(25)11-15)18(6-2)16-8-10-20(14(4)24)22(26)12-16/h7-12,17-18,25-26H,5-6H2,1-4H3/t17-,18+. The molecule has 0 aromatic heterocycles. The molecule has 0 aliphatic rings. The molecule has 2 N–H and O–H groups in total. The first kappa shape index (κ1) is 19.7. The van der Waals surface area contributed by atoms with Crippen molar-refractivity contribution >= 4 is 11.6 Å². The maximum absolute atomic E-state index is 11.5. The molecule has 0 saturated carbocycles. The van der Waals surface area contributed by atoms with Crippen molar-refractivity contribution in [2.45, 2.75) is 52.4 Å². The van der Waals surface area contributed by atoms with Crippen LogP contribution in [0.15, 0.2) is 36.4 Å². The smallest absolute Gasteiger partial charge is 0.163 e. The molecule has 2 aromatic rings. The minimum Gasteiger partial charge on any atom is -0.507 e. The molecule has 0 amide bonds. The number of hydrogen-bond donors (Lipinski definition) is 2. The average Bonchev–Trinajstić information content (AvgIpc) is 2.58. The predicted molar refractivity (Wildman–Crippen MR) is 102 cm³/mol. The van der Waals surface area contributed by atoms with Crippen molar-refractivity contribution in [1.82, 2.24) is 0 Å². The van der Waals surface area contributed by atoms with E-state index in [-0.39, 0.29) is 34.9 Å². The molecule has 0 heterocycles. The molecule has 2 aromatic carbocycles. The summed E-state index contributed by atoms with van der Waals surface area (Å²) in [7, 11) is 0. The van der Waals surface area contributed by atoms with Crippen molar-refractivity contribution < 1.29 is 19.8 Å². The summed E-state index contributed by atoms with van der Waals surface area (Å²) in [6, 6.07) is 10.4. The molecule has 4 nitrogen and oxygen atoms in total. The molecule has 26 heavy (non-hydrogen) atoms. The Morgan fingerprint density at radius 1 is 0.769 bits per heavy atom. The molecule has 0 aliphatic carbocycles. The van der Waals surface area contributed by atoms with E-state index in [0.717, 1.165) is 24.0 Å². The van der Waals surface area contributed by atoms with Crippen molar-refractivity contribution in [2.24, 2.45) is 0 Å². The predicted octanol–water partition coefficient (Wildman–Crippen LogP) is 5.19. The molecular formula is C22H26O4. The number of hydrogen-bond acceptors (Lipinski definition) is 4. The third-order valence-electron chi connectivity index (χ3n) is 5.02. The van der Waals surface area contributed by atoms with Crippen LogP contribution in [0.2, 0.25) is 0 Å². The number of phenolic OH excluding ortho intramolecular Hbond substituents is 2. The van der Waals surface area contributed by atoms with E-state index in [1.165, 1.54) is 13.8 Å². The highest BCUT2D eigenvalue weighted by Gasteiger charge is 2.24. The van der Waals surface area contributed by atoms with Gasteiger partial charge in [-0.3, -0.25) is 9.59 Å². The van der Waals surface area contributed by atoms with E-state index in [9.17, 15) is 19.8 Å². The summed E-state index contributed by atoms with van der Waals surface area (Å²) >= 11 is 0. The van der Waals surface area contributed by atoms with Gasteiger partial charge < -0.3 is 10.2 Å². The Bertz CT molecular complexity index is 753. The second-order valence-corrected chi connectivity index (χ2v) is 6.70. The van der Waals surface area contributed by atoms with Gasteiger partial charge in [0.15, 0.2) is 11.6 Å². The lowest BCUT2D eigenvalue weighted by molar-refractivity contribution is 0.100. The molecule has 0 aliphatic heterocycles. The van der Waals surface area contributed by atoms with Crippen LogP contribution in [0.1, 0.15) is 84.2 Å². The van der Waals surface area contributed by atoms with E-state index in [1.807, 2.05) is 12.1 Å². The van der Waals surface area contributed by atoms with E-state index in [2.05, 4.69) is 13.8 Å². The Hall–Kier alpha value is -2.62. The number of aromatic hydroxyl groups is 2. The van der Waals surface area contributed by atoms with Crippen LogP contribution < -0.4 is 0 Å². The molecular weight excluding hydrogens is 328 g/mol. The Morgan fingerprint density at radius 3 is 1.35 bits per heavy atom. The molecule has 0 radical (unpaired) electrons. The average molecular weight is 354 g/mol. The van der Waals surface area contributed by atoms with Gasteiger partial charge in [-0.25, -0.2) is 0 Å². The number of phenols is 2. The van der Waals surface area contributed by atoms with E-state index < -0.39 is 0 Å². The lowest BCUT2D eigenvalue weighted by atomic mass is 9.77. The maximum Gasteiger partial charge on any atom is 0.163 e. The van der Waals surface area contributed by atoms with Gasteiger partial charge in [0.05, 0.1) is 11.1 Å². The summed E-state index contributed by atoms with van der Waals surface area (Å²) in [5, 5.41) is 20.3. The van der Waals surface area contributed by atoms with Gasteiger partial charge in [-0.2, -0.15) is 0 Å². The second kappa shape index (κ2) is 8.17. The topological polar surface area (TPSA) is 74.6 Å². The zero-order chi connectivity index (χ0) is 19.4. The Morgan fingerprint density at radius 2 is 1.12 bits per heavy atom. The first-order valence-electron chi connectivity index (χ1n) is 8.97. The Balaban J connectivity index is 2.43. The van der Waals surface area contributed by atoms with Crippen LogP contribution in [0.25, 0.3) is 0 Å². The van der Waals surface area contributed by atoms with Crippen LogP contribution in [0.4, 0.5) is 0 Å². The third-order valence-corrected chi connectivity index (χ3v) is 5.02. The van der Waals surface area contributed by atoms with Crippen LogP contribution in [-0.4, -0.2) is 21.8 Å². The fourth-order valence-electron chi connectivity index (χ4n) is 3.66. The van der Waals surface area contributed by atoms with Crippen molar-refractivity contribution in [1.29, 1.82) is 0 Å². The minimum absolute atomic E-state index is 0.00178. The number of rotatable bonds is 7. The maximum atomic E-state index is 11.5. The van der Waals surface area contributed by atoms with Crippen LogP contribution in [0.3, 0.4) is 0 Å². The largest absolute Gasteiger partial charge is 0.507 e. The quantitative estimate of drug-likeness (QED) is 0.671. The summed E-state index contributed by atoms with van der Waals surface area (Å²) in [6.45, 7) is 7.01. The molecule has 138 valence electrons. The van der Waals surface area contributed by atoms with Crippen molar-refractivity contribution in [3.63, 3.8) is 0 Å². The number of benzene rings is 2. The van der Waals surface area contributed by atoms with Crippen LogP contribution >= 0.6 is 0 Å². The normalized spacial score (nSPS) is 13.2. The minimum atomic E-state index is -0.168. The number of Topliss-reactive ketones (excluding diaryl/α,β-unsaturated/α-hetero) is 2. The number of ketones is 2. The lowest BCUT2D eigenvalue weighted by Crippen LogP contribution is -2.11. The van der Waals surface area contributed by atoms with Crippen LogP contribution in [0, 0.1) is 0 Å². The molecule has 0 fully saturated rings. The third kappa shape index (κ3) is 3.96. The second-order valence-electron chi connectivity index (χ2n) is 6.70. The van der Waals surface area contributed by atoms with Gasteiger partial charge in [0.2, 0.25) is 0 Å². The zero-order valence-electron chi connectivity index (χ0n) is 15.7. The molecule has 2 atom stereocenters. The summed E-state index contributed by atoms with van der Waals surface area (Å²) in [5.41, 5.74) is 2.55. The molecule has 4 heteroatoms. The van der Waals surface area contributed by atoms with Gasteiger partial charge >= 0.3 is 0 Å². The van der Waals surface area contributed by atoms with Gasteiger partial charge in [0.1, 0.15) is 11.5 Å². The fourth-order valence-corrected chi connectivity index (χ4v) is 3.66. The van der Waals surface area contributed by atoms with Crippen molar-refractivity contribution in [2.75, 3.05) is 0 Å². The monoisotopic (exact) mass is 354 g/mol. The van der Waals surface area contributed by atoms with E-state index in [1.54, 1.807) is 24.3 Å². The van der Waals surface area contributed by atoms with Gasteiger partial charge in [0, 0.05) is 0 Å². The summed E-state index contributed by atoms with van der Waals surface area (Å²) in [4.78, 5) is 23.1. The highest BCUT2D eigenvalue weighted by molar-refractivity contribution is 5.97. The highest BCUT2D eigenvalue weighted by Crippen LogP contribution is 2.40. The summed E-state index contributed by atoms with van der Waals surface area (Å²) in [5.74, 6) is -0.0992.